The number of ether oxygens (including phenoxy) is 1. The van der Waals surface area contributed by atoms with E-state index < -0.39 is 0 Å². The standard InChI is InChI=1S/C18H26ClN5O/c1-18(2,25-4)13-22-17(20-3)21-12-16(24-11-5-10-23-24)14-6-8-15(19)9-7-14/h5-11,16H,12-13H2,1-4H3,(H2,20,21,22). The van der Waals surface area contributed by atoms with E-state index in [1.54, 1.807) is 20.4 Å². The molecule has 0 bridgehead atoms. The minimum absolute atomic E-state index is 0.0289. The third-order valence-electron chi connectivity index (χ3n) is 4.02. The van der Waals surface area contributed by atoms with Gasteiger partial charge in [-0.1, -0.05) is 23.7 Å². The summed E-state index contributed by atoms with van der Waals surface area (Å²) in [6.45, 7) is 5.33. The summed E-state index contributed by atoms with van der Waals surface area (Å²) in [5, 5.41) is 11.7. The third-order valence-corrected chi connectivity index (χ3v) is 4.27. The van der Waals surface area contributed by atoms with Gasteiger partial charge in [0.05, 0.1) is 11.6 Å². The molecule has 0 fully saturated rings. The lowest BCUT2D eigenvalue weighted by Gasteiger charge is -2.25. The first-order chi connectivity index (χ1) is 11.9. The summed E-state index contributed by atoms with van der Waals surface area (Å²) in [5.74, 6) is 0.719. The Balaban J connectivity index is 2.05. The first-order valence-corrected chi connectivity index (χ1v) is 8.57. The first kappa shape index (κ1) is 19.3. The van der Waals surface area contributed by atoms with Gasteiger partial charge in [0.25, 0.3) is 0 Å². The molecule has 25 heavy (non-hydrogen) atoms. The van der Waals surface area contributed by atoms with Gasteiger partial charge in [0, 0.05) is 44.7 Å². The van der Waals surface area contributed by atoms with Crippen molar-refractivity contribution in [3.05, 3.63) is 53.3 Å². The van der Waals surface area contributed by atoms with Crippen molar-refractivity contribution in [2.45, 2.75) is 25.5 Å². The SMILES string of the molecule is CN=C(NCC(c1ccc(Cl)cc1)n1cccn1)NCC(C)(C)OC. The zero-order valence-electron chi connectivity index (χ0n) is 15.2. The summed E-state index contributed by atoms with van der Waals surface area (Å²) >= 11 is 6.01. The van der Waals surface area contributed by atoms with Gasteiger partial charge in [0.2, 0.25) is 0 Å². The van der Waals surface area contributed by atoms with E-state index in [1.807, 2.05) is 55.1 Å². The predicted molar refractivity (Wildman–Crippen MR) is 102 cm³/mol. The summed E-state index contributed by atoms with van der Waals surface area (Å²) in [4.78, 5) is 4.27. The zero-order chi connectivity index (χ0) is 18.3. The van der Waals surface area contributed by atoms with Crippen LogP contribution >= 0.6 is 11.6 Å². The van der Waals surface area contributed by atoms with Crippen molar-refractivity contribution in [3.8, 4) is 0 Å². The van der Waals surface area contributed by atoms with Crippen molar-refractivity contribution in [2.24, 2.45) is 4.99 Å². The molecule has 7 heteroatoms. The molecular formula is C18H26ClN5O. The number of methoxy groups -OCH3 is 1. The Hall–Kier alpha value is -2.05. The van der Waals surface area contributed by atoms with Crippen LogP contribution in [0, 0.1) is 0 Å². The van der Waals surface area contributed by atoms with E-state index in [-0.39, 0.29) is 11.6 Å². The molecule has 0 aliphatic heterocycles. The molecule has 136 valence electrons. The fraction of sp³-hybridized carbons (Fsp3) is 0.444. The van der Waals surface area contributed by atoms with Crippen molar-refractivity contribution < 1.29 is 4.74 Å². The van der Waals surface area contributed by atoms with Gasteiger partial charge < -0.3 is 15.4 Å². The molecule has 1 aromatic heterocycles. The molecule has 0 amide bonds. The Bertz CT molecular complexity index is 667. The van der Waals surface area contributed by atoms with Crippen molar-refractivity contribution in [2.75, 3.05) is 27.2 Å². The number of rotatable bonds is 7. The number of nitrogens with zero attached hydrogens (tertiary/aromatic N) is 3. The molecule has 1 aromatic carbocycles. The Labute approximate surface area is 154 Å². The lowest BCUT2D eigenvalue weighted by Crippen LogP contribution is -2.46. The lowest BCUT2D eigenvalue weighted by molar-refractivity contribution is 0.0268. The highest BCUT2D eigenvalue weighted by molar-refractivity contribution is 6.30. The monoisotopic (exact) mass is 363 g/mol. The van der Waals surface area contributed by atoms with E-state index in [4.69, 9.17) is 16.3 Å². The van der Waals surface area contributed by atoms with Crippen LogP contribution in [0.3, 0.4) is 0 Å². The fourth-order valence-electron chi connectivity index (χ4n) is 2.30. The van der Waals surface area contributed by atoms with Crippen LogP contribution < -0.4 is 10.6 Å². The third kappa shape index (κ3) is 5.76. The van der Waals surface area contributed by atoms with Crippen molar-refractivity contribution in [3.63, 3.8) is 0 Å². The molecular weight excluding hydrogens is 338 g/mol. The number of hydrogen-bond acceptors (Lipinski definition) is 3. The van der Waals surface area contributed by atoms with E-state index in [0.717, 1.165) is 16.5 Å². The summed E-state index contributed by atoms with van der Waals surface area (Å²) in [6.07, 6.45) is 3.72. The minimum atomic E-state index is -0.269. The number of hydrogen-bond donors (Lipinski definition) is 2. The van der Waals surface area contributed by atoms with Gasteiger partial charge in [-0.3, -0.25) is 9.67 Å². The van der Waals surface area contributed by atoms with Crippen molar-refractivity contribution in [1.82, 2.24) is 20.4 Å². The van der Waals surface area contributed by atoms with Crippen molar-refractivity contribution in [1.29, 1.82) is 0 Å². The van der Waals surface area contributed by atoms with Gasteiger partial charge in [-0.25, -0.2) is 0 Å². The van der Waals surface area contributed by atoms with Gasteiger partial charge in [0.1, 0.15) is 0 Å². The number of halogens is 1. The van der Waals surface area contributed by atoms with E-state index in [1.165, 1.54) is 0 Å². The number of guanidine groups is 1. The second-order valence-corrected chi connectivity index (χ2v) is 6.76. The van der Waals surface area contributed by atoms with Crippen LogP contribution in [0.15, 0.2) is 47.7 Å². The van der Waals surface area contributed by atoms with Crippen LogP contribution in [0.4, 0.5) is 0 Å². The van der Waals surface area contributed by atoms with Gasteiger partial charge in [-0.05, 0) is 37.6 Å². The largest absolute Gasteiger partial charge is 0.377 e. The Morgan fingerprint density at radius 2 is 2.04 bits per heavy atom. The summed E-state index contributed by atoms with van der Waals surface area (Å²) in [7, 11) is 3.45. The van der Waals surface area contributed by atoms with Gasteiger partial charge in [0.15, 0.2) is 5.96 Å². The minimum Gasteiger partial charge on any atom is -0.377 e. The van der Waals surface area contributed by atoms with Gasteiger partial charge in [-0.15, -0.1) is 0 Å². The molecule has 1 heterocycles. The van der Waals surface area contributed by atoms with Crippen molar-refractivity contribution >= 4 is 17.6 Å². The molecule has 0 aliphatic rings. The molecule has 2 N–H and O–H groups in total. The van der Waals surface area contributed by atoms with E-state index in [9.17, 15) is 0 Å². The highest BCUT2D eigenvalue weighted by atomic mass is 35.5. The molecule has 2 rings (SSSR count). The predicted octanol–water partition coefficient (Wildman–Crippen LogP) is 2.72. The maximum atomic E-state index is 6.01. The lowest BCUT2D eigenvalue weighted by atomic mass is 10.1. The fourth-order valence-corrected chi connectivity index (χ4v) is 2.42. The van der Waals surface area contributed by atoms with E-state index in [0.29, 0.717) is 13.1 Å². The molecule has 0 spiro atoms. The Kier molecular flexibility index (Phi) is 6.84. The molecule has 0 saturated heterocycles. The first-order valence-electron chi connectivity index (χ1n) is 8.19. The topological polar surface area (TPSA) is 63.5 Å². The molecule has 0 radical (unpaired) electrons. The molecule has 0 saturated carbocycles. The second-order valence-electron chi connectivity index (χ2n) is 6.32. The Morgan fingerprint density at radius 3 is 2.60 bits per heavy atom. The van der Waals surface area contributed by atoms with Crippen LogP contribution in [0.2, 0.25) is 5.02 Å². The molecule has 1 atom stereocenters. The quantitative estimate of drug-likeness (QED) is 0.586. The smallest absolute Gasteiger partial charge is 0.191 e. The maximum Gasteiger partial charge on any atom is 0.191 e. The number of benzene rings is 1. The van der Waals surface area contributed by atoms with E-state index >= 15 is 0 Å². The molecule has 2 aromatic rings. The average molecular weight is 364 g/mol. The molecule has 0 aliphatic carbocycles. The summed E-state index contributed by atoms with van der Waals surface area (Å²) in [6, 6.07) is 9.75. The number of aromatic nitrogens is 2. The summed E-state index contributed by atoms with van der Waals surface area (Å²) in [5.41, 5.74) is 0.850. The highest BCUT2D eigenvalue weighted by Gasteiger charge is 2.18. The summed E-state index contributed by atoms with van der Waals surface area (Å²) < 4.78 is 7.34. The molecule has 6 nitrogen and oxygen atoms in total. The molecule has 1 unspecified atom stereocenters. The van der Waals surface area contributed by atoms with Crippen LogP contribution in [0.5, 0.6) is 0 Å². The number of aliphatic imine (C=N–C) groups is 1. The number of nitrogens with one attached hydrogen (secondary N) is 2. The average Bonchev–Trinajstić information content (AvgIpc) is 3.13. The second kappa shape index (κ2) is 8.87. The van der Waals surface area contributed by atoms with Gasteiger partial charge in [-0.2, -0.15) is 5.10 Å². The van der Waals surface area contributed by atoms with Gasteiger partial charge >= 0.3 is 0 Å². The zero-order valence-corrected chi connectivity index (χ0v) is 15.9. The van der Waals surface area contributed by atoms with Crippen LogP contribution in [-0.4, -0.2) is 48.6 Å². The van der Waals surface area contributed by atoms with Crippen LogP contribution in [0.1, 0.15) is 25.5 Å². The maximum absolute atomic E-state index is 6.01. The highest BCUT2D eigenvalue weighted by Crippen LogP contribution is 2.19. The Morgan fingerprint density at radius 1 is 1.32 bits per heavy atom. The van der Waals surface area contributed by atoms with Crippen LogP contribution in [-0.2, 0) is 4.74 Å². The van der Waals surface area contributed by atoms with Crippen LogP contribution in [0.25, 0.3) is 0 Å². The normalized spacial score (nSPS) is 13.6. The van der Waals surface area contributed by atoms with E-state index in [2.05, 4.69) is 20.7 Å².